The van der Waals surface area contributed by atoms with Gasteiger partial charge in [-0.15, -0.1) is 11.3 Å². The number of nitrogens with one attached hydrogen (secondary N) is 1. The van der Waals surface area contributed by atoms with Crippen LogP contribution in [0, 0.1) is 0 Å². The molecule has 0 saturated carbocycles. The van der Waals surface area contributed by atoms with Crippen LogP contribution < -0.4 is 10.1 Å². The van der Waals surface area contributed by atoms with Crippen LogP contribution in [0.5, 0.6) is 5.75 Å². The quantitative estimate of drug-likeness (QED) is 0.890. The van der Waals surface area contributed by atoms with E-state index in [1.165, 1.54) is 0 Å². The maximum atomic E-state index is 12.2. The van der Waals surface area contributed by atoms with Crippen molar-refractivity contribution in [3.05, 3.63) is 46.4 Å². The minimum absolute atomic E-state index is 0.0401. The van der Waals surface area contributed by atoms with Crippen molar-refractivity contribution in [2.45, 2.75) is 25.9 Å². The van der Waals surface area contributed by atoms with Crippen molar-refractivity contribution in [3.8, 4) is 5.75 Å². The summed E-state index contributed by atoms with van der Waals surface area (Å²) in [5, 5.41) is 5.84. The summed E-state index contributed by atoms with van der Waals surface area (Å²) in [6.45, 7) is 2.52. The summed E-state index contributed by atoms with van der Waals surface area (Å²) in [4.78, 5) is 18.0. The maximum absolute atomic E-state index is 12.2. The fourth-order valence-electron chi connectivity index (χ4n) is 2.13. The fraction of sp³-hybridized carbons (Fsp3) is 0.375. The molecule has 1 aromatic carbocycles. The molecule has 1 aromatic heterocycles. The molecule has 118 valence electrons. The SMILES string of the molecule is COc1cccc(CC(C)NC(=O)N(C)Cc2nccs2)c1. The van der Waals surface area contributed by atoms with Gasteiger partial charge in [-0.25, -0.2) is 9.78 Å². The molecule has 0 radical (unpaired) electrons. The van der Waals surface area contributed by atoms with Crippen molar-refractivity contribution in [2.24, 2.45) is 0 Å². The second-order valence-electron chi connectivity index (χ2n) is 5.19. The molecular weight excluding hydrogens is 298 g/mol. The Kier molecular flexibility index (Phi) is 5.77. The van der Waals surface area contributed by atoms with Gasteiger partial charge in [0.2, 0.25) is 0 Å². The molecule has 0 fully saturated rings. The van der Waals surface area contributed by atoms with Crippen LogP contribution in [0.1, 0.15) is 17.5 Å². The van der Waals surface area contributed by atoms with Crippen LogP contribution >= 0.6 is 11.3 Å². The predicted molar refractivity (Wildman–Crippen MR) is 88.3 cm³/mol. The van der Waals surface area contributed by atoms with E-state index >= 15 is 0 Å². The number of carbonyl (C=O) groups is 1. The number of aromatic nitrogens is 1. The third-order valence-electron chi connectivity index (χ3n) is 3.25. The Labute approximate surface area is 134 Å². The molecule has 0 aliphatic carbocycles. The monoisotopic (exact) mass is 319 g/mol. The number of methoxy groups -OCH3 is 1. The van der Waals surface area contributed by atoms with Gasteiger partial charge in [-0.3, -0.25) is 0 Å². The summed E-state index contributed by atoms with van der Waals surface area (Å²) in [7, 11) is 3.42. The van der Waals surface area contributed by atoms with E-state index in [0.717, 1.165) is 22.7 Å². The van der Waals surface area contributed by atoms with E-state index in [-0.39, 0.29) is 12.1 Å². The minimum atomic E-state index is -0.0920. The topological polar surface area (TPSA) is 54.5 Å². The number of hydrogen-bond donors (Lipinski definition) is 1. The zero-order chi connectivity index (χ0) is 15.9. The summed E-state index contributed by atoms with van der Waals surface area (Å²) in [5.41, 5.74) is 1.13. The highest BCUT2D eigenvalue weighted by molar-refractivity contribution is 7.09. The summed E-state index contributed by atoms with van der Waals surface area (Å²) >= 11 is 1.55. The molecule has 1 N–H and O–H groups in total. The van der Waals surface area contributed by atoms with Gasteiger partial charge >= 0.3 is 6.03 Å². The highest BCUT2D eigenvalue weighted by Gasteiger charge is 2.13. The first-order valence-corrected chi connectivity index (χ1v) is 7.99. The normalized spacial score (nSPS) is 11.8. The summed E-state index contributed by atoms with van der Waals surface area (Å²) < 4.78 is 5.21. The molecule has 0 spiro atoms. The highest BCUT2D eigenvalue weighted by Crippen LogP contribution is 2.14. The van der Waals surface area contributed by atoms with Gasteiger partial charge in [0.05, 0.1) is 13.7 Å². The zero-order valence-corrected chi connectivity index (χ0v) is 13.9. The third-order valence-corrected chi connectivity index (χ3v) is 4.01. The molecule has 2 aromatic rings. The van der Waals surface area contributed by atoms with Crippen molar-refractivity contribution in [1.29, 1.82) is 0 Å². The first-order valence-electron chi connectivity index (χ1n) is 7.11. The molecule has 0 saturated heterocycles. The Bertz CT molecular complexity index is 601. The van der Waals surface area contributed by atoms with Crippen molar-refractivity contribution >= 4 is 17.4 Å². The first kappa shape index (κ1) is 16.3. The van der Waals surface area contributed by atoms with Crippen LogP contribution in [0.15, 0.2) is 35.8 Å². The van der Waals surface area contributed by atoms with E-state index in [1.54, 1.807) is 36.6 Å². The van der Waals surface area contributed by atoms with E-state index in [4.69, 9.17) is 4.74 Å². The van der Waals surface area contributed by atoms with Gasteiger partial charge in [0.15, 0.2) is 0 Å². The van der Waals surface area contributed by atoms with Crippen molar-refractivity contribution in [2.75, 3.05) is 14.2 Å². The summed E-state index contributed by atoms with van der Waals surface area (Å²) in [5.74, 6) is 0.830. The van der Waals surface area contributed by atoms with Gasteiger partial charge in [0.25, 0.3) is 0 Å². The lowest BCUT2D eigenvalue weighted by atomic mass is 10.1. The van der Waals surface area contributed by atoms with Crippen LogP contribution in [-0.2, 0) is 13.0 Å². The lowest BCUT2D eigenvalue weighted by Crippen LogP contribution is -2.42. The molecule has 0 aliphatic rings. The number of ether oxygens (including phenoxy) is 1. The number of carbonyl (C=O) groups excluding carboxylic acids is 1. The largest absolute Gasteiger partial charge is 0.497 e. The van der Waals surface area contributed by atoms with E-state index in [1.807, 2.05) is 36.6 Å². The fourth-order valence-corrected chi connectivity index (χ4v) is 2.80. The van der Waals surface area contributed by atoms with Crippen molar-refractivity contribution in [3.63, 3.8) is 0 Å². The molecule has 0 aliphatic heterocycles. The Balaban J connectivity index is 1.85. The number of benzene rings is 1. The second-order valence-corrected chi connectivity index (χ2v) is 6.17. The third kappa shape index (κ3) is 4.73. The molecule has 5 nitrogen and oxygen atoms in total. The van der Waals surface area contributed by atoms with Crippen LogP contribution in [0.4, 0.5) is 4.79 Å². The molecule has 2 rings (SSSR count). The van der Waals surface area contributed by atoms with Crippen LogP contribution in [0.25, 0.3) is 0 Å². The Hall–Kier alpha value is -2.08. The number of thiazole rings is 1. The van der Waals surface area contributed by atoms with Crippen molar-refractivity contribution in [1.82, 2.24) is 15.2 Å². The number of hydrogen-bond acceptors (Lipinski definition) is 4. The lowest BCUT2D eigenvalue weighted by molar-refractivity contribution is 0.203. The molecule has 6 heteroatoms. The van der Waals surface area contributed by atoms with E-state index in [9.17, 15) is 4.79 Å². The summed E-state index contributed by atoms with van der Waals surface area (Å²) in [6, 6.07) is 7.84. The van der Waals surface area contributed by atoms with Crippen LogP contribution in [0.3, 0.4) is 0 Å². The lowest BCUT2D eigenvalue weighted by Gasteiger charge is -2.20. The molecule has 1 heterocycles. The molecule has 0 bridgehead atoms. The maximum Gasteiger partial charge on any atom is 0.317 e. The van der Waals surface area contributed by atoms with E-state index in [2.05, 4.69) is 10.3 Å². The number of urea groups is 1. The van der Waals surface area contributed by atoms with E-state index in [0.29, 0.717) is 6.54 Å². The van der Waals surface area contributed by atoms with Gasteiger partial charge in [0.1, 0.15) is 10.8 Å². The van der Waals surface area contributed by atoms with E-state index < -0.39 is 0 Å². The van der Waals surface area contributed by atoms with Crippen LogP contribution in [0.2, 0.25) is 0 Å². The van der Waals surface area contributed by atoms with Gasteiger partial charge < -0.3 is 15.0 Å². The predicted octanol–water partition coefficient (Wildman–Crippen LogP) is 2.92. The molecular formula is C16H21N3O2S. The average molecular weight is 319 g/mol. The van der Waals surface area contributed by atoms with Crippen molar-refractivity contribution < 1.29 is 9.53 Å². The van der Waals surface area contributed by atoms with Gasteiger partial charge in [-0.05, 0) is 31.0 Å². The molecule has 1 unspecified atom stereocenters. The number of nitrogens with zero attached hydrogens (tertiary/aromatic N) is 2. The highest BCUT2D eigenvalue weighted by atomic mass is 32.1. The average Bonchev–Trinajstić information content (AvgIpc) is 3.00. The molecule has 2 amide bonds. The summed E-state index contributed by atoms with van der Waals surface area (Å²) in [6.07, 6.45) is 2.51. The second kappa shape index (κ2) is 7.79. The van der Waals surface area contributed by atoms with Gasteiger partial charge in [0, 0.05) is 24.7 Å². The number of rotatable bonds is 6. The minimum Gasteiger partial charge on any atom is -0.497 e. The smallest absolute Gasteiger partial charge is 0.317 e. The first-order chi connectivity index (χ1) is 10.6. The Morgan fingerprint density at radius 1 is 1.50 bits per heavy atom. The van der Waals surface area contributed by atoms with Gasteiger partial charge in [-0.2, -0.15) is 0 Å². The molecule has 22 heavy (non-hydrogen) atoms. The number of amides is 2. The Morgan fingerprint density at radius 3 is 3.00 bits per heavy atom. The standard InChI is InChI=1S/C16H21N3O2S/c1-12(9-13-5-4-6-14(10-13)21-3)18-16(20)19(2)11-15-17-7-8-22-15/h4-8,10,12H,9,11H2,1-3H3,(H,18,20). The van der Waals surface area contributed by atoms with Crippen LogP contribution in [-0.4, -0.2) is 36.1 Å². The van der Waals surface area contributed by atoms with Gasteiger partial charge in [-0.1, -0.05) is 12.1 Å². The zero-order valence-electron chi connectivity index (χ0n) is 13.1. The molecule has 1 atom stereocenters. The Morgan fingerprint density at radius 2 is 2.32 bits per heavy atom.